The van der Waals surface area contributed by atoms with E-state index < -0.39 is 0 Å². The molecule has 1 saturated carbocycles. The van der Waals surface area contributed by atoms with Crippen LogP contribution in [-0.2, 0) is 4.74 Å². The molecule has 0 atom stereocenters. The van der Waals surface area contributed by atoms with Crippen molar-refractivity contribution in [2.45, 2.75) is 32.1 Å². The third kappa shape index (κ3) is 4.07. The quantitative estimate of drug-likeness (QED) is 0.638. The first-order chi connectivity index (χ1) is 5.93. The van der Waals surface area contributed by atoms with E-state index in [1.807, 2.05) is 6.42 Å². The zero-order valence-electron chi connectivity index (χ0n) is 7.80. The van der Waals surface area contributed by atoms with Gasteiger partial charge in [-0.25, -0.2) is 0 Å². The summed E-state index contributed by atoms with van der Waals surface area (Å²) in [5.41, 5.74) is 5.31. The molecule has 1 aliphatic rings. The summed E-state index contributed by atoms with van der Waals surface area (Å²) in [7, 11) is 0. The van der Waals surface area contributed by atoms with Crippen molar-refractivity contribution in [3.8, 4) is 0 Å². The van der Waals surface area contributed by atoms with Gasteiger partial charge in [-0.2, -0.15) is 0 Å². The van der Waals surface area contributed by atoms with Gasteiger partial charge in [0.25, 0.3) is 0 Å². The Morgan fingerprint density at radius 2 is 2.00 bits per heavy atom. The van der Waals surface area contributed by atoms with E-state index in [-0.39, 0.29) is 0 Å². The van der Waals surface area contributed by atoms with Crippen molar-refractivity contribution in [3.63, 3.8) is 0 Å². The fraction of sp³-hybridized carbons (Fsp3) is 0.900. The number of hydrogen-bond acceptors (Lipinski definition) is 2. The maximum absolute atomic E-state index is 5.48. The van der Waals surface area contributed by atoms with Crippen LogP contribution in [0.2, 0.25) is 0 Å². The van der Waals surface area contributed by atoms with Crippen molar-refractivity contribution >= 4 is 0 Å². The Labute approximate surface area is 75.5 Å². The second kappa shape index (κ2) is 6.44. The number of ether oxygens (including phenoxy) is 1. The van der Waals surface area contributed by atoms with E-state index in [9.17, 15) is 0 Å². The van der Waals surface area contributed by atoms with Crippen LogP contribution in [-0.4, -0.2) is 19.8 Å². The molecule has 0 unspecified atom stereocenters. The first kappa shape index (κ1) is 10.0. The monoisotopic (exact) mass is 170 g/mol. The van der Waals surface area contributed by atoms with Crippen LogP contribution >= 0.6 is 0 Å². The van der Waals surface area contributed by atoms with Crippen molar-refractivity contribution in [1.82, 2.24) is 0 Å². The highest BCUT2D eigenvalue weighted by molar-refractivity contribution is 4.67. The van der Waals surface area contributed by atoms with Crippen LogP contribution in [0.3, 0.4) is 0 Å². The van der Waals surface area contributed by atoms with Crippen LogP contribution in [0.1, 0.15) is 32.1 Å². The molecule has 0 bridgehead atoms. The zero-order valence-corrected chi connectivity index (χ0v) is 7.80. The molecule has 1 rings (SSSR count). The molecule has 1 radical (unpaired) electrons. The highest BCUT2D eigenvalue weighted by Gasteiger charge is 2.12. The summed E-state index contributed by atoms with van der Waals surface area (Å²) in [6, 6.07) is 0. The fourth-order valence-corrected chi connectivity index (χ4v) is 1.74. The van der Waals surface area contributed by atoms with E-state index in [0.29, 0.717) is 6.54 Å². The van der Waals surface area contributed by atoms with Gasteiger partial charge in [0.05, 0.1) is 6.61 Å². The van der Waals surface area contributed by atoms with Crippen LogP contribution in [0.25, 0.3) is 0 Å². The van der Waals surface area contributed by atoms with Crippen LogP contribution in [0, 0.1) is 12.3 Å². The van der Waals surface area contributed by atoms with Gasteiger partial charge >= 0.3 is 0 Å². The minimum absolute atomic E-state index is 0.630. The summed E-state index contributed by atoms with van der Waals surface area (Å²) in [4.78, 5) is 0. The Morgan fingerprint density at radius 3 is 2.67 bits per heavy atom. The molecule has 0 amide bonds. The lowest BCUT2D eigenvalue weighted by Crippen LogP contribution is -2.15. The van der Waals surface area contributed by atoms with E-state index >= 15 is 0 Å². The Hall–Kier alpha value is -0.0800. The molecule has 1 aliphatic carbocycles. The fourth-order valence-electron chi connectivity index (χ4n) is 1.74. The van der Waals surface area contributed by atoms with Crippen LogP contribution in [0.15, 0.2) is 0 Å². The maximum atomic E-state index is 5.48. The molecule has 0 aliphatic heterocycles. The second-order valence-electron chi connectivity index (χ2n) is 3.57. The minimum Gasteiger partial charge on any atom is -0.381 e. The van der Waals surface area contributed by atoms with Gasteiger partial charge in [-0.05, 0) is 25.3 Å². The van der Waals surface area contributed by atoms with Crippen molar-refractivity contribution in [1.29, 1.82) is 0 Å². The van der Waals surface area contributed by atoms with Gasteiger partial charge in [-0.3, -0.25) is 0 Å². The molecule has 1 fully saturated rings. The molecule has 2 heteroatoms. The SMILES string of the molecule is NC[CH]COCC1CCCCC1. The molecule has 12 heavy (non-hydrogen) atoms. The van der Waals surface area contributed by atoms with Crippen molar-refractivity contribution in [3.05, 3.63) is 6.42 Å². The molecule has 0 aromatic heterocycles. The smallest absolute Gasteiger partial charge is 0.0510 e. The van der Waals surface area contributed by atoms with Crippen LogP contribution in [0.4, 0.5) is 0 Å². The topological polar surface area (TPSA) is 35.2 Å². The average Bonchev–Trinajstić information content (AvgIpc) is 2.14. The van der Waals surface area contributed by atoms with Crippen molar-refractivity contribution < 1.29 is 4.74 Å². The second-order valence-corrected chi connectivity index (χ2v) is 3.57. The molecule has 2 nitrogen and oxygen atoms in total. The summed E-state index contributed by atoms with van der Waals surface area (Å²) in [5, 5.41) is 0. The minimum atomic E-state index is 0.630. The number of nitrogens with two attached hydrogens (primary N) is 1. The third-order valence-electron chi connectivity index (χ3n) is 2.48. The van der Waals surface area contributed by atoms with Crippen molar-refractivity contribution in [2.75, 3.05) is 19.8 Å². The van der Waals surface area contributed by atoms with Crippen LogP contribution < -0.4 is 5.73 Å². The van der Waals surface area contributed by atoms with Gasteiger partial charge in [0.1, 0.15) is 0 Å². The summed E-state index contributed by atoms with van der Waals surface area (Å²) >= 11 is 0. The van der Waals surface area contributed by atoms with Gasteiger partial charge in [-0.15, -0.1) is 0 Å². The van der Waals surface area contributed by atoms with E-state index in [1.54, 1.807) is 0 Å². The Kier molecular flexibility index (Phi) is 5.37. The summed E-state index contributed by atoms with van der Waals surface area (Å²) in [5.74, 6) is 0.824. The van der Waals surface area contributed by atoms with Crippen molar-refractivity contribution in [2.24, 2.45) is 11.7 Å². The lowest BCUT2D eigenvalue weighted by atomic mass is 9.90. The molecule has 0 spiro atoms. The Morgan fingerprint density at radius 1 is 1.25 bits per heavy atom. The first-order valence-corrected chi connectivity index (χ1v) is 5.03. The molecular weight excluding hydrogens is 150 g/mol. The maximum Gasteiger partial charge on any atom is 0.0510 e. The molecular formula is C10H20NO. The molecule has 0 aromatic rings. The molecule has 0 saturated heterocycles. The number of hydrogen-bond donors (Lipinski definition) is 1. The zero-order chi connectivity index (χ0) is 8.65. The standard InChI is InChI=1S/C10H20NO/c11-7-4-8-12-9-10-5-2-1-3-6-10/h4,10H,1-3,5-9,11H2. The third-order valence-corrected chi connectivity index (χ3v) is 2.48. The molecule has 71 valence electrons. The predicted molar refractivity (Wildman–Crippen MR) is 50.7 cm³/mol. The number of rotatable bonds is 5. The Bertz CT molecular complexity index is 100. The molecule has 0 aromatic carbocycles. The van der Waals surface area contributed by atoms with E-state index in [2.05, 4.69) is 0 Å². The highest BCUT2D eigenvalue weighted by Crippen LogP contribution is 2.23. The van der Waals surface area contributed by atoms with E-state index in [0.717, 1.165) is 19.1 Å². The predicted octanol–water partition coefficient (Wildman–Crippen LogP) is 1.75. The largest absolute Gasteiger partial charge is 0.381 e. The molecule has 2 N–H and O–H groups in total. The normalized spacial score (nSPS) is 19.8. The van der Waals surface area contributed by atoms with Gasteiger partial charge < -0.3 is 10.5 Å². The van der Waals surface area contributed by atoms with Gasteiger partial charge in [0, 0.05) is 13.0 Å². The van der Waals surface area contributed by atoms with E-state index in [4.69, 9.17) is 10.5 Å². The summed E-state index contributed by atoms with van der Waals surface area (Å²) in [6.45, 7) is 2.30. The van der Waals surface area contributed by atoms with Gasteiger partial charge in [-0.1, -0.05) is 19.3 Å². The summed E-state index contributed by atoms with van der Waals surface area (Å²) < 4.78 is 5.48. The summed E-state index contributed by atoms with van der Waals surface area (Å²) in [6.07, 6.45) is 8.92. The lowest BCUT2D eigenvalue weighted by molar-refractivity contribution is 0.0993. The first-order valence-electron chi connectivity index (χ1n) is 5.03. The average molecular weight is 170 g/mol. The van der Waals surface area contributed by atoms with Crippen LogP contribution in [0.5, 0.6) is 0 Å². The lowest BCUT2D eigenvalue weighted by Gasteiger charge is -2.21. The molecule has 0 heterocycles. The van der Waals surface area contributed by atoms with Gasteiger partial charge in [0.2, 0.25) is 0 Å². The van der Waals surface area contributed by atoms with E-state index in [1.165, 1.54) is 32.1 Å². The Balaban J connectivity index is 1.91. The highest BCUT2D eigenvalue weighted by atomic mass is 16.5. The van der Waals surface area contributed by atoms with Gasteiger partial charge in [0.15, 0.2) is 0 Å².